The van der Waals surface area contributed by atoms with Gasteiger partial charge < -0.3 is 5.32 Å². The highest BCUT2D eigenvalue weighted by Crippen LogP contribution is 2.34. The normalized spacial score (nSPS) is 19.0. The molecule has 1 aromatic rings. The maximum atomic E-state index is 4.48. The monoisotopic (exact) mass is 249 g/mol. The van der Waals surface area contributed by atoms with Crippen LogP contribution in [0.5, 0.6) is 0 Å². The molecule has 0 spiro atoms. The SMILES string of the molecule is CCCn1nccc1C(NCC)C1CCCCC1. The van der Waals surface area contributed by atoms with E-state index in [1.807, 2.05) is 6.20 Å². The molecule has 1 fully saturated rings. The molecule has 1 saturated carbocycles. The molecule has 0 aromatic carbocycles. The van der Waals surface area contributed by atoms with Crippen molar-refractivity contribution >= 4 is 0 Å². The average Bonchev–Trinajstić information content (AvgIpc) is 2.85. The van der Waals surface area contributed by atoms with Crippen molar-refractivity contribution in [1.82, 2.24) is 15.1 Å². The van der Waals surface area contributed by atoms with Crippen molar-refractivity contribution in [2.24, 2.45) is 5.92 Å². The van der Waals surface area contributed by atoms with E-state index in [1.165, 1.54) is 37.8 Å². The third-order valence-corrected chi connectivity index (χ3v) is 4.05. The van der Waals surface area contributed by atoms with E-state index in [0.717, 1.165) is 25.4 Å². The molecule has 2 rings (SSSR count). The molecule has 1 unspecified atom stereocenters. The molecular formula is C15H27N3. The second-order valence-electron chi connectivity index (χ2n) is 5.41. The van der Waals surface area contributed by atoms with Crippen LogP contribution in [0.25, 0.3) is 0 Å². The lowest BCUT2D eigenvalue weighted by atomic mass is 9.82. The molecule has 1 aromatic heterocycles. The van der Waals surface area contributed by atoms with E-state index in [4.69, 9.17) is 0 Å². The van der Waals surface area contributed by atoms with Crippen LogP contribution < -0.4 is 5.32 Å². The van der Waals surface area contributed by atoms with E-state index in [2.05, 4.69) is 35.0 Å². The van der Waals surface area contributed by atoms with Crippen molar-refractivity contribution in [3.8, 4) is 0 Å². The second-order valence-corrected chi connectivity index (χ2v) is 5.41. The molecule has 3 nitrogen and oxygen atoms in total. The van der Waals surface area contributed by atoms with Gasteiger partial charge in [0.2, 0.25) is 0 Å². The molecule has 0 amide bonds. The number of nitrogens with zero attached hydrogens (tertiary/aromatic N) is 2. The Labute approximate surface area is 111 Å². The van der Waals surface area contributed by atoms with Gasteiger partial charge >= 0.3 is 0 Å². The summed E-state index contributed by atoms with van der Waals surface area (Å²) < 4.78 is 2.20. The smallest absolute Gasteiger partial charge is 0.0556 e. The third-order valence-electron chi connectivity index (χ3n) is 4.05. The fourth-order valence-corrected chi connectivity index (χ4v) is 3.21. The van der Waals surface area contributed by atoms with E-state index >= 15 is 0 Å². The van der Waals surface area contributed by atoms with E-state index in [0.29, 0.717) is 6.04 Å². The van der Waals surface area contributed by atoms with Crippen molar-refractivity contribution in [3.05, 3.63) is 18.0 Å². The Kier molecular flexibility index (Phi) is 5.24. The molecule has 18 heavy (non-hydrogen) atoms. The van der Waals surface area contributed by atoms with Crippen LogP contribution in [0.4, 0.5) is 0 Å². The number of hydrogen-bond donors (Lipinski definition) is 1. The summed E-state index contributed by atoms with van der Waals surface area (Å²) in [6.45, 7) is 6.50. The first-order chi connectivity index (χ1) is 8.86. The third kappa shape index (κ3) is 3.14. The van der Waals surface area contributed by atoms with E-state index in [1.54, 1.807) is 0 Å². The summed E-state index contributed by atoms with van der Waals surface area (Å²) in [5, 5.41) is 8.17. The second kappa shape index (κ2) is 6.93. The van der Waals surface area contributed by atoms with Gasteiger partial charge in [-0.2, -0.15) is 5.10 Å². The standard InChI is InChI=1S/C15H27N3/c1-3-12-18-14(10-11-17-18)15(16-4-2)13-8-6-5-7-9-13/h10-11,13,15-16H,3-9,12H2,1-2H3. The summed E-state index contributed by atoms with van der Waals surface area (Å²) in [4.78, 5) is 0. The largest absolute Gasteiger partial charge is 0.309 e. The van der Waals surface area contributed by atoms with Crippen molar-refractivity contribution in [3.63, 3.8) is 0 Å². The van der Waals surface area contributed by atoms with Crippen molar-refractivity contribution in [2.75, 3.05) is 6.54 Å². The number of hydrogen-bond acceptors (Lipinski definition) is 2. The molecule has 1 aliphatic rings. The topological polar surface area (TPSA) is 29.9 Å². The number of aryl methyl sites for hydroxylation is 1. The molecule has 0 bridgehead atoms. The summed E-state index contributed by atoms with van der Waals surface area (Å²) in [6.07, 6.45) is 10.1. The van der Waals surface area contributed by atoms with Gasteiger partial charge in [0, 0.05) is 12.7 Å². The zero-order valence-electron chi connectivity index (χ0n) is 11.9. The van der Waals surface area contributed by atoms with E-state index in [-0.39, 0.29) is 0 Å². The van der Waals surface area contributed by atoms with Crippen molar-refractivity contribution < 1.29 is 0 Å². The van der Waals surface area contributed by atoms with Crippen LogP contribution in [0.1, 0.15) is 64.1 Å². The first kappa shape index (κ1) is 13.6. The van der Waals surface area contributed by atoms with Crippen molar-refractivity contribution in [1.29, 1.82) is 0 Å². The minimum absolute atomic E-state index is 0.504. The highest BCUT2D eigenvalue weighted by molar-refractivity contribution is 5.09. The summed E-state index contributed by atoms with van der Waals surface area (Å²) in [5.41, 5.74) is 1.39. The first-order valence-electron chi connectivity index (χ1n) is 7.61. The maximum Gasteiger partial charge on any atom is 0.0556 e. The summed E-state index contributed by atoms with van der Waals surface area (Å²) in [5.74, 6) is 0.797. The zero-order chi connectivity index (χ0) is 12.8. The van der Waals surface area contributed by atoms with Gasteiger partial charge in [-0.05, 0) is 37.8 Å². The van der Waals surface area contributed by atoms with E-state index < -0.39 is 0 Å². The van der Waals surface area contributed by atoms with Gasteiger partial charge in [-0.25, -0.2) is 0 Å². The molecule has 1 atom stereocenters. The molecule has 3 heteroatoms. The average molecular weight is 249 g/mol. The Morgan fingerprint density at radius 1 is 1.33 bits per heavy atom. The van der Waals surface area contributed by atoms with Gasteiger partial charge in [0.25, 0.3) is 0 Å². The van der Waals surface area contributed by atoms with Crippen LogP contribution in [0.3, 0.4) is 0 Å². The Hall–Kier alpha value is -0.830. The predicted molar refractivity (Wildman–Crippen MR) is 75.5 cm³/mol. The molecule has 0 radical (unpaired) electrons. The molecule has 1 heterocycles. The van der Waals surface area contributed by atoms with Crippen LogP contribution in [-0.2, 0) is 6.54 Å². The van der Waals surface area contributed by atoms with E-state index in [9.17, 15) is 0 Å². The lowest BCUT2D eigenvalue weighted by molar-refractivity contribution is 0.263. The summed E-state index contributed by atoms with van der Waals surface area (Å²) >= 11 is 0. The minimum Gasteiger partial charge on any atom is -0.309 e. The fraction of sp³-hybridized carbons (Fsp3) is 0.800. The maximum absolute atomic E-state index is 4.48. The molecule has 0 aliphatic heterocycles. The van der Waals surface area contributed by atoms with Crippen molar-refractivity contribution in [2.45, 2.75) is 65.0 Å². The van der Waals surface area contributed by atoms with Gasteiger partial charge in [-0.1, -0.05) is 33.1 Å². The first-order valence-corrected chi connectivity index (χ1v) is 7.61. The van der Waals surface area contributed by atoms with Gasteiger partial charge in [-0.15, -0.1) is 0 Å². The quantitative estimate of drug-likeness (QED) is 0.836. The minimum atomic E-state index is 0.504. The fourth-order valence-electron chi connectivity index (χ4n) is 3.21. The lowest BCUT2D eigenvalue weighted by Gasteiger charge is -2.31. The van der Waals surface area contributed by atoms with Gasteiger partial charge in [0.1, 0.15) is 0 Å². The van der Waals surface area contributed by atoms with Gasteiger partial charge in [-0.3, -0.25) is 4.68 Å². The van der Waals surface area contributed by atoms with Crippen LogP contribution in [0.15, 0.2) is 12.3 Å². The lowest BCUT2D eigenvalue weighted by Crippen LogP contribution is -2.31. The Bertz CT molecular complexity index is 339. The summed E-state index contributed by atoms with van der Waals surface area (Å²) in [6, 6.07) is 2.71. The van der Waals surface area contributed by atoms with Crippen LogP contribution >= 0.6 is 0 Å². The molecule has 102 valence electrons. The van der Waals surface area contributed by atoms with Gasteiger partial charge in [0.15, 0.2) is 0 Å². The highest BCUT2D eigenvalue weighted by atomic mass is 15.3. The zero-order valence-corrected chi connectivity index (χ0v) is 11.9. The number of nitrogens with one attached hydrogen (secondary N) is 1. The molecule has 1 N–H and O–H groups in total. The number of aromatic nitrogens is 2. The molecular weight excluding hydrogens is 222 g/mol. The summed E-state index contributed by atoms with van der Waals surface area (Å²) in [7, 11) is 0. The Balaban J connectivity index is 2.14. The Morgan fingerprint density at radius 2 is 2.11 bits per heavy atom. The molecule has 0 saturated heterocycles. The predicted octanol–water partition coefficient (Wildman–Crippen LogP) is 3.52. The number of rotatable bonds is 6. The van der Waals surface area contributed by atoms with Crippen LogP contribution in [0, 0.1) is 5.92 Å². The molecule has 1 aliphatic carbocycles. The highest BCUT2D eigenvalue weighted by Gasteiger charge is 2.26. The van der Waals surface area contributed by atoms with Crippen LogP contribution in [0.2, 0.25) is 0 Å². The van der Waals surface area contributed by atoms with Gasteiger partial charge in [0.05, 0.1) is 11.7 Å². The Morgan fingerprint density at radius 3 is 2.78 bits per heavy atom. The van der Waals surface area contributed by atoms with Crippen LogP contribution in [-0.4, -0.2) is 16.3 Å².